The van der Waals surface area contributed by atoms with Gasteiger partial charge >= 0.3 is 0 Å². The lowest BCUT2D eigenvalue weighted by Crippen LogP contribution is -2.50. The van der Waals surface area contributed by atoms with Crippen molar-refractivity contribution in [2.24, 2.45) is 0 Å². The molecule has 2 aromatic rings. The van der Waals surface area contributed by atoms with Gasteiger partial charge in [-0.1, -0.05) is 43.5 Å². The number of carbonyl (C=O) groups is 1. The van der Waals surface area contributed by atoms with E-state index < -0.39 is 5.54 Å². The lowest BCUT2D eigenvalue weighted by Gasteiger charge is -2.31. The van der Waals surface area contributed by atoms with Crippen LogP contribution in [0.4, 0.5) is 0 Å². The summed E-state index contributed by atoms with van der Waals surface area (Å²) in [6.07, 6.45) is 6.55. The van der Waals surface area contributed by atoms with Crippen LogP contribution in [0.15, 0.2) is 24.3 Å². The largest absolute Gasteiger partial charge is 0.351 e. The van der Waals surface area contributed by atoms with Gasteiger partial charge in [0.25, 0.3) is 0 Å². The van der Waals surface area contributed by atoms with Gasteiger partial charge in [0.15, 0.2) is 0 Å². The number of hydrogen-bond acceptors (Lipinski definition) is 3. The van der Waals surface area contributed by atoms with E-state index in [1.807, 2.05) is 38.1 Å². The number of nitrogens with zero attached hydrogens (tertiary/aromatic N) is 3. The fourth-order valence-corrected chi connectivity index (χ4v) is 3.23. The van der Waals surface area contributed by atoms with Crippen LogP contribution in [0.3, 0.4) is 0 Å². The third-order valence-electron chi connectivity index (χ3n) is 4.94. The molecule has 1 atom stereocenters. The summed E-state index contributed by atoms with van der Waals surface area (Å²) in [6, 6.07) is 8.09. The highest BCUT2D eigenvalue weighted by Crippen LogP contribution is 2.26. The van der Waals surface area contributed by atoms with Crippen molar-refractivity contribution < 1.29 is 4.79 Å². The van der Waals surface area contributed by atoms with Crippen LogP contribution in [0.25, 0.3) is 11.0 Å². The van der Waals surface area contributed by atoms with E-state index in [0.29, 0.717) is 12.5 Å². The summed E-state index contributed by atoms with van der Waals surface area (Å²) in [6.45, 7) is 3.98. The Balaban J connectivity index is 1.88. The average Bonchev–Trinajstić information content (AvgIpc) is 2.99. The van der Waals surface area contributed by atoms with E-state index in [1.54, 1.807) is 4.68 Å². The molecule has 1 fully saturated rings. The predicted octanol–water partition coefficient (Wildman–Crippen LogP) is 3.01. The second kappa shape index (κ2) is 6.07. The van der Waals surface area contributed by atoms with Crippen LogP contribution in [-0.4, -0.2) is 26.9 Å². The Morgan fingerprint density at radius 2 is 2.05 bits per heavy atom. The molecule has 0 saturated heterocycles. The van der Waals surface area contributed by atoms with Gasteiger partial charge < -0.3 is 5.32 Å². The molecule has 5 heteroatoms. The van der Waals surface area contributed by atoms with Gasteiger partial charge in [-0.25, -0.2) is 4.68 Å². The minimum atomic E-state index is -0.701. The minimum absolute atomic E-state index is 0.0533. The first-order valence-electron chi connectivity index (χ1n) is 8.27. The van der Waals surface area contributed by atoms with Crippen molar-refractivity contribution in [1.82, 2.24) is 20.3 Å². The molecule has 1 aromatic carbocycles. The highest BCUT2D eigenvalue weighted by Gasteiger charge is 2.37. The molecule has 1 saturated carbocycles. The SMILES string of the molecule is CCC(C)(C(=O)NC1CCCCC1)n1nnc2ccccc21. The summed E-state index contributed by atoms with van der Waals surface area (Å²) in [5.41, 5.74) is 1.03. The summed E-state index contributed by atoms with van der Waals surface area (Å²) in [4.78, 5) is 12.9. The van der Waals surface area contributed by atoms with Gasteiger partial charge in [-0.05, 0) is 38.3 Å². The number of carbonyl (C=O) groups excluding carboxylic acids is 1. The van der Waals surface area contributed by atoms with E-state index in [0.717, 1.165) is 23.9 Å². The molecule has 1 aliphatic rings. The maximum Gasteiger partial charge on any atom is 0.247 e. The Hall–Kier alpha value is -1.91. The molecular weight excluding hydrogens is 276 g/mol. The Labute approximate surface area is 131 Å². The third-order valence-corrected chi connectivity index (χ3v) is 4.94. The second-order valence-electron chi connectivity index (χ2n) is 6.43. The van der Waals surface area contributed by atoms with Crippen LogP contribution >= 0.6 is 0 Å². The van der Waals surface area contributed by atoms with E-state index in [9.17, 15) is 4.79 Å². The van der Waals surface area contributed by atoms with E-state index in [1.165, 1.54) is 19.3 Å². The Morgan fingerprint density at radius 1 is 1.32 bits per heavy atom. The maximum absolute atomic E-state index is 12.9. The van der Waals surface area contributed by atoms with Gasteiger partial charge in [-0.15, -0.1) is 5.10 Å². The number of benzene rings is 1. The molecule has 0 aliphatic heterocycles. The number of rotatable bonds is 4. The molecule has 1 amide bonds. The van der Waals surface area contributed by atoms with Crippen molar-refractivity contribution in [3.63, 3.8) is 0 Å². The van der Waals surface area contributed by atoms with Crippen molar-refractivity contribution in [3.05, 3.63) is 24.3 Å². The van der Waals surface area contributed by atoms with Crippen molar-refractivity contribution in [1.29, 1.82) is 0 Å². The average molecular weight is 300 g/mol. The lowest BCUT2D eigenvalue weighted by atomic mass is 9.92. The van der Waals surface area contributed by atoms with Gasteiger partial charge in [0.2, 0.25) is 5.91 Å². The first kappa shape index (κ1) is 15.0. The number of para-hydroxylation sites is 1. The zero-order valence-electron chi connectivity index (χ0n) is 13.4. The minimum Gasteiger partial charge on any atom is -0.351 e. The van der Waals surface area contributed by atoms with E-state index in [-0.39, 0.29) is 5.91 Å². The number of amides is 1. The van der Waals surface area contributed by atoms with Crippen LogP contribution in [0, 0.1) is 0 Å². The summed E-state index contributed by atoms with van der Waals surface area (Å²) in [5, 5.41) is 11.7. The number of hydrogen-bond donors (Lipinski definition) is 1. The normalized spacial score (nSPS) is 19.0. The highest BCUT2D eigenvalue weighted by atomic mass is 16.2. The molecule has 1 heterocycles. The fourth-order valence-electron chi connectivity index (χ4n) is 3.23. The quantitative estimate of drug-likeness (QED) is 0.944. The van der Waals surface area contributed by atoms with Crippen LogP contribution in [0.1, 0.15) is 52.4 Å². The van der Waals surface area contributed by atoms with E-state index in [2.05, 4.69) is 15.6 Å². The molecule has 118 valence electrons. The van der Waals surface area contributed by atoms with E-state index >= 15 is 0 Å². The van der Waals surface area contributed by atoms with E-state index in [4.69, 9.17) is 0 Å². The van der Waals surface area contributed by atoms with Crippen molar-refractivity contribution in [2.45, 2.75) is 64.0 Å². The molecule has 1 aromatic heterocycles. The van der Waals surface area contributed by atoms with Crippen LogP contribution in [0.5, 0.6) is 0 Å². The van der Waals surface area contributed by atoms with Gasteiger partial charge in [-0.3, -0.25) is 4.79 Å². The lowest BCUT2D eigenvalue weighted by molar-refractivity contribution is -0.130. The zero-order valence-corrected chi connectivity index (χ0v) is 13.4. The monoisotopic (exact) mass is 300 g/mol. The number of aromatic nitrogens is 3. The molecule has 0 radical (unpaired) electrons. The van der Waals surface area contributed by atoms with Crippen LogP contribution in [-0.2, 0) is 10.3 Å². The Kier molecular flexibility index (Phi) is 4.14. The van der Waals surface area contributed by atoms with Crippen molar-refractivity contribution in [2.75, 3.05) is 0 Å². The summed E-state index contributed by atoms with van der Waals surface area (Å²) in [5.74, 6) is 0.0533. The molecule has 1 unspecified atom stereocenters. The molecule has 0 bridgehead atoms. The molecule has 3 rings (SSSR count). The van der Waals surface area contributed by atoms with Gasteiger partial charge in [0, 0.05) is 6.04 Å². The topological polar surface area (TPSA) is 59.8 Å². The molecule has 0 spiro atoms. The Bertz CT molecular complexity index is 659. The van der Waals surface area contributed by atoms with Crippen molar-refractivity contribution >= 4 is 16.9 Å². The molecule has 1 N–H and O–H groups in total. The zero-order chi connectivity index (χ0) is 15.6. The summed E-state index contributed by atoms with van der Waals surface area (Å²) in [7, 11) is 0. The fraction of sp³-hybridized carbons (Fsp3) is 0.588. The first-order valence-corrected chi connectivity index (χ1v) is 8.27. The number of fused-ring (bicyclic) bond motifs is 1. The van der Waals surface area contributed by atoms with Crippen LogP contribution in [0.2, 0.25) is 0 Å². The summed E-state index contributed by atoms with van der Waals surface area (Å²) < 4.78 is 1.78. The smallest absolute Gasteiger partial charge is 0.247 e. The number of nitrogens with one attached hydrogen (secondary N) is 1. The van der Waals surface area contributed by atoms with Crippen molar-refractivity contribution in [3.8, 4) is 0 Å². The predicted molar refractivity (Wildman–Crippen MR) is 86.5 cm³/mol. The maximum atomic E-state index is 12.9. The molecule has 1 aliphatic carbocycles. The molecule has 22 heavy (non-hydrogen) atoms. The third kappa shape index (κ3) is 2.60. The first-order chi connectivity index (χ1) is 10.6. The van der Waals surface area contributed by atoms with Gasteiger partial charge in [0.1, 0.15) is 11.1 Å². The standard InChI is InChI=1S/C17H24N4O/c1-3-17(2,16(22)18-13-9-5-4-6-10-13)21-15-12-8-7-11-14(15)19-20-21/h7-8,11-13H,3-6,9-10H2,1-2H3,(H,18,22). The highest BCUT2D eigenvalue weighted by molar-refractivity contribution is 5.86. The second-order valence-corrected chi connectivity index (χ2v) is 6.43. The summed E-state index contributed by atoms with van der Waals surface area (Å²) >= 11 is 0. The van der Waals surface area contributed by atoms with Gasteiger partial charge in [0.05, 0.1) is 5.52 Å². The van der Waals surface area contributed by atoms with Crippen LogP contribution < -0.4 is 5.32 Å². The van der Waals surface area contributed by atoms with Gasteiger partial charge in [-0.2, -0.15) is 0 Å². The molecule has 5 nitrogen and oxygen atoms in total. The Morgan fingerprint density at radius 3 is 2.77 bits per heavy atom. The molecular formula is C17H24N4O.